The first kappa shape index (κ1) is 22.0. The maximum Gasteiger partial charge on any atom is 0.313 e. The Balaban J connectivity index is 1.50. The van der Waals surface area contributed by atoms with Crippen LogP contribution < -0.4 is 4.74 Å². The van der Waals surface area contributed by atoms with Crippen LogP contribution in [-0.4, -0.2) is 49.5 Å². The van der Waals surface area contributed by atoms with Gasteiger partial charge in [-0.05, 0) is 55.3 Å². The third-order valence-corrected chi connectivity index (χ3v) is 6.58. The SMILES string of the molecule is COc1ccc2cc([C@H](C)C(=O)OCCN(C)CC3(S)CCCCC3)ccc2c1. The van der Waals surface area contributed by atoms with Crippen molar-refractivity contribution in [1.29, 1.82) is 0 Å². The van der Waals surface area contributed by atoms with Crippen LogP contribution in [0.25, 0.3) is 10.8 Å². The Labute approximate surface area is 180 Å². The number of ether oxygens (including phenoxy) is 2. The van der Waals surface area contributed by atoms with E-state index < -0.39 is 0 Å². The Morgan fingerprint density at radius 1 is 1.14 bits per heavy atom. The van der Waals surface area contributed by atoms with Crippen LogP contribution in [0.4, 0.5) is 0 Å². The normalized spacial score (nSPS) is 17.3. The van der Waals surface area contributed by atoms with Gasteiger partial charge in [0.25, 0.3) is 0 Å². The van der Waals surface area contributed by atoms with Crippen molar-refractivity contribution in [2.45, 2.75) is 49.7 Å². The highest BCUT2D eigenvalue weighted by Gasteiger charge is 2.29. The summed E-state index contributed by atoms with van der Waals surface area (Å²) < 4.78 is 11.0. The molecule has 1 aliphatic carbocycles. The quantitative estimate of drug-likeness (QED) is 0.483. The maximum absolute atomic E-state index is 12.5. The minimum atomic E-state index is -0.290. The molecule has 29 heavy (non-hydrogen) atoms. The van der Waals surface area contributed by atoms with Crippen LogP contribution in [0.3, 0.4) is 0 Å². The number of carbonyl (C=O) groups excluding carboxylic acids is 1. The van der Waals surface area contributed by atoms with Crippen LogP contribution in [0.5, 0.6) is 5.75 Å². The molecule has 0 bridgehead atoms. The highest BCUT2D eigenvalue weighted by Crippen LogP contribution is 2.34. The second-order valence-corrected chi connectivity index (χ2v) is 9.33. The number of likely N-dealkylation sites (N-methyl/N-ethyl adjacent to an activating group) is 1. The Bertz CT molecular complexity index is 832. The Morgan fingerprint density at radius 2 is 1.83 bits per heavy atom. The number of thiol groups is 1. The van der Waals surface area contributed by atoms with E-state index >= 15 is 0 Å². The van der Waals surface area contributed by atoms with Crippen molar-refractivity contribution in [3.8, 4) is 5.75 Å². The van der Waals surface area contributed by atoms with E-state index in [2.05, 4.69) is 18.0 Å². The van der Waals surface area contributed by atoms with Crippen LogP contribution in [-0.2, 0) is 9.53 Å². The van der Waals surface area contributed by atoms with Gasteiger partial charge in [0.05, 0.1) is 13.0 Å². The molecule has 0 saturated heterocycles. The summed E-state index contributed by atoms with van der Waals surface area (Å²) in [6, 6.07) is 12.0. The van der Waals surface area contributed by atoms with Gasteiger partial charge in [0.2, 0.25) is 0 Å². The Kier molecular flexibility index (Phi) is 7.47. The molecule has 3 rings (SSSR count). The molecule has 1 aliphatic rings. The second kappa shape index (κ2) is 9.86. The minimum absolute atomic E-state index is 0.109. The predicted molar refractivity (Wildman–Crippen MR) is 122 cm³/mol. The molecule has 0 aromatic heterocycles. The van der Waals surface area contributed by atoms with Crippen molar-refractivity contribution >= 4 is 29.4 Å². The van der Waals surface area contributed by atoms with Gasteiger partial charge in [-0.25, -0.2) is 0 Å². The van der Waals surface area contributed by atoms with Gasteiger partial charge in [0.1, 0.15) is 12.4 Å². The molecular formula is C24H33NO3S. The third kappa shape index (κ3) is 5.89. The van der Waals surface area contributed by atoms with Crippen LogP contribution in [0.2, 0.25) is 0 Å². The molecular weight excluding hydrogens is 382 g/mol. The summed E-state index contributed by atoms with van der Waals surface area (Å²) in [7, 11) is 3.75. The van der Waals surface area contributed by atoms with Crippen molar-refractivity contribution in [3.63, 3.8) is 0 Å². The van der Waals surface area contributed by atoms with E-state index in [0.717, 1.165) is 35.2 Å². The number of carbonyl (C=O) groups is 1. The molecule has 0 unspecified atom stereocenters. The zero-order valence-electron chi connectivity index (χ0n) is 17.8. The summed E-state index contributed by atoms with van der Waals surface area (Å²) in [5.41, 5.74) is 0.970. The highest BCUT2D eigenvalue weighted by atomic mass is 32.1. The summed E-state index contributed by atoms with van der Waals surface area (Å²) in [6.45, 7) is 3.99. The molecule has 1 atom stereocenters. The van der Waals surface area contributed by atoms with E-state index in [1.54, 1.807) is 7.11 Å². The molecule has 2 aromatic carbocycles. The minimum Gasteiger partial charge on any atom is -0.497 e. The van der Waals surface area contributed by atoms with E-state index in [1.165, 1.54) is 32.1 Å². The Hall–Kier alpha value is -1.72. The average Bonchev–Trinajstić information content (AvgIpc) is 2.72. The topological polar surface area (TPSA) is 38.8 Å². The zero-order valence-corrected chi connectivity index (χ0v) is 18.7. The average molecular weight is 416 g/mol. The molecule has 0 radical (unpaired) electrons. The molecule has 0 amide bonds. The van der Waals surface area contributed by atoms with Crippen LogP contribution in [0.1, 0.15) is 50.5 Å². The number of hydrogen-bond donors (Lipinski definition) is 1. The molecule has 0 spiro atoms. The van der Waals surface area contributed by atoms with Crippen molar-refractivity contribution in [3.05, 3.63) is 42.0 Å². The van der Waals surface area contributed by atoms with Gasteiger partial charge < -0.3 is 14.4 Å². The molecule has 0 aliphatic heterocycles. The maximum atomic E-state index is 12.5. The lowest BCUT2D eigenvalue weighted by molar-refractivity contribution is -0.145. The lowest BCUT2D eigenvalue weighted by Crippen LogP contribution is -2.40. The van der Waals surface area contributed by atoms with Crippen molar-refractivity contribution in [2.75, 3.05) is 33.9 Å². The van der Waals surface area contributed by atoms with Gasteiger partial charge in [-0.15, -0.1) is 0 Å². The fourth-order valence-corrected chi connectivity index (χ4v) is 4.71. The lowest BCUT2D eigenvalue weighted by Gasteiger charge is -2.36. The Morgan fingerprint density at radius 3 is 2.55 bits per heavy atom. The van der Waals surface area contributed by atoms with Crippen LogP contribution in [0.15, 0.2) is 36.4 Å². The summed E-state index contributed by atoms with van der Waals surface area (Å²) in [4.78, 5) is 14.8. The van der Waals surface area contributed by atoms with E-state index in [0.29, 0.717) is 6.61 Å². The van der Waals surface area contributed by atoms with E-state index in [-0.39, 0.29) is 16.6 Å². The standard InChI is InChI=1S/C24H33NO3S/c1-18(19-7-8-21-16-22(27-3)10-9-20(21)15-19)23(26)28-14-13-25(2)17-24(29)11-5-4-6-12-24/h7-10,15-16,18,29H,4-6,11-14,17H2,1-3H3/t18-/m0/s1. The predicted octanol–water partition coefficient (Wildman–Crippen LogP) is 5.06. The summed E-state index contributed by atoms with van der Waals surface area (Å²) in [5.74, 6) is 0.365. The first-order valence-corrected chi connectivity index (χ1v) is 11.0. The number of methoxy groups -OCH3 is 1. The summed E-state index contributed by atoms with van der Waals surface area (Å²) in [6.07, 6.45) is 6.20. The van der Waals surface area contributed by atoms with Gasteiger partial charge in [0.15, 0.2) is 0 Å². The number of fused-ring (bicyclic) bond motifs is 1. The number of nitrogens with zero attached hydrogens (tertiary/aromatic N) is 1. The zero-order chi connectivity index (χ0) is 20.9. The molecule has 1 saturated carbocycles. The number of hydrogen-bond acceptors (Lipinski definition) is 5. The highest BCUT2D eigenvalue weighted by molar-refractivity contribution is 7.81. The fourth-order valence-electron chi connectivity index (χ4n) is 4.15. The third-order valence-electron chi connectivity index (χ3n) is 5.99. The molecule has 0 N–H and O–H groups in total. The van der Waals surface area contributed by atoms with Crippen LogP contribution in [0, 0.1) is 0 Å². The summed E-state index contributed by atoms with van der Waals surface area (Å²) in [5, 5.41) is 2.19. The molecule has 5 heteroatoms. The van der Waals surface area contributed by atoms with Gasteiger partial charge in [0, 0.05) is 17.8 Å². The van der Waals surface area contributed by atoms with E-state index in [4.69, 9.17) is 22.1 Å². The van der Waals surface area contributed by atoms with Crippen molar-refractivity contribution in [2.24, 2.45) is 0 Å². The van der Waals surface area contributed by atoms with Crippen molar-refractivity contribution in [1.82, 2.24) is 4.90 Å². The van der Waals surface area contributed by atoms with Gasteiger partial charge in [-0.1, -0.05) is 43.5 Å². The molecule has 2 aromatic rings. The molecule has 1 fully saturated rings. The first-order chi connectivity index (χ1) is 13.9. The number of rotatable bonds is 8. The second-order valence-electron chi connectivity index (χ2n) is 8.38. The van der Waals surface area contributed by atoms with Crippen molar-refractivity contribution < 1.29 is 14.3 Å². The monoisotopic (exact) mass is 415 g/mol. The van der Waals surface area contributed by atoms with E-state index in [9.17, 15) is 4.79 Å². The van der Waals surface area contributed by atoms with Gasteiger partial charge in [-0.2, -0.15) is 12.6 Å². The first-order valence-electron chi connectivity index (χ1n) is 10.6. The summed E-state index contributed by atoms with van der Waals surface area (Å²) >= 11 is 4.92. The van der Waals surface area contributed by atoms with Gasteiger partial charge in [-0.3, -0.25) is 4.79 Å². The molecule has 4 nitrogen and oxygen atoms in total. The fraction of sp³-hybridized carbons (Fsp3) is 0.542. The molecule has 0 heterocycles. The number of esters is 1. The largest absolute Gasteiger partial charge is 0.497 e. The lowest BCUT2D eigenvalue weighted by atomic mass is 9.88. The number of benzene rings is 2. The smallest absolute Gasteiger partial charge is 0.313 e. The van der Waals surface area contributed by atoms with Crippen LogP contribution >= 0.6 is 12.6 Å². The van der Waals surface area contributed by atoms with Gasteiger partial charge >= 0.3 is 5.97 Å². The van der Waals surface area contributed by atoms with E-state index in [1.807, 2.05) is 37.3 Å². The molecule has 158 valence electrons.